The SMILES string of the molecule is CCC(C(=O)O)[C@H]1CC[C@@H](c2ccnc3cc(C(F)(F)F)ccc32)CC1. The number of benzene rings is 1. The summed E-state index contributed by atoms with van der Waals surface area (Å²) in [6.07, 6.45) is 1.19. The number of carbonyl (C=O) groups is 1. The normalized spacial score (nSPS) is 22.3. The zero-order chi connectivity index (χ0) is 18.9. The number of alkyl halides is 3. The van der Waals surface area contributed by atoms with E-state index in [-0.39, 0.29) is 17.8 Å². The minimum atomic E-state index is -4.38. The lowest BCUT2D eigenvalue weighted by atomic mass is 9.72. The van der Waals surface area contributed by atoms with Gasteiger partial charge in [-0.2, -0.15) is 13.2 Å². The van der Waals surface area contributed by atoms with Gasteiger partial charge in [0.15, 0.2) is 0 Å². The van der Waals surface area contributed by atoms with Gasteiger partial charge in [-0.15, -0.1) is 0 Å². The maximum atomic E-state index is 12.9. The van der Waals surface area contributed by atoms with Gasteiger partial charge in [0.05, 0.1) is 17.0 Å². The summed E-state index contributed by atoms with van der Waals surface area (Å²) in [5, 5.41) is 10.1. The second kappa shape index (κ2) is 7.25. The van der Waals surface area contributed by atoms with Crippen LogP contribution in [0.1, 0.15) is 56.1 Å². The maximum Gasteiger partial charge on any atom is 0.416 e. The third-order valence-corrected chi connectivity index (χ3v) is 5.64. The van der Waals surface area contributed by atoms with Crippen molar-refractivity contribution in [2.24, 2.45) is 11.8 Å². The van der Waals surface area contributed by atoms with E-state index in [4.69, 9.17) is 0 Å². The summed E-state index contributed by atoms with van der Waals surface area (Å²) in [6, 6.07) is 5.60. The number of carboxylic acid groups (broad SMARTS) is 1. The summed E-state index contributed by atoms with van der Waals surface area (Å²) in [4.78, 5) is 15.5. The molecule has 3 nitrogen and oxygen atoms in total. The average Bonchev–Trinajstić information content (AvgIpc) is 2.61. The molecule has 0 spiro atoms. The van der Waals surface area contributed by atoms with E-state index >= 15 is 0 Å². The molecule has 1 unspecified atom stereocenters. The second-order valence-corrected chi connectivity index (χ2v) is 7.09. The standard InChI is InChI=1S/C20H22F3NO2/c1-2-15(19(25)26)12-3-5-13(6-4-12)16-9-10-24-18-11-14(20(21,22)23)7-8-17(16)18/h7-13,15H,2-6H2,1H3,(H,25,26)/t12-,13+,15?. The molecule has 1 aromatic carbocycles. The Morgan fingerprint density at radius 3 is 2.50 bits per heavy atom. The molecule has 0 saturated heterocycles. The number of nitrogens with zero attached hydrogens (tertiary/aromatic N) is 1. The molecule has 140 valence electrons. The van der Waals surface area contributed by atoms with Gasteiger partial charge >= 0.3 is 12.1 Å². The van der Waals surface area contributed by atoms with Gasteiger partial charge in [-0.3, -0.25) is 9.78 Å². The van der Waals surface area contributed by atoms with Crippen LogP contribution < -0.4 is 0 Å². The van der Waals surface area contributed by atoms with Gasteiger partial charge in [0, 0.05) is 11.6 Å². The van der Waals surface area contributed by atoms with Gasteiger partial charge in [0.2, 0.25) is 0 Å². The molecule has 3 rings (SSSR count). The first-order chi connectivity index (χ1) is 12.3. The van der Waals surface area contributed by atoms with Crippen LogP contribution in [-0.4, -0.2) is 16.1 Å². The zero-order valence-corrected chi connectivity index (χ0v) is 14.6. The van der Waals surface area contributed by atoms with Crippen molar-refractivity contribution in [3.8, 4) is 0 Å². The summed E-state index contributed by atoms with van der Waals surface area (Å²) in [5.74, 6) is -0.622. The number of halogens is 3. The molecule has 0 amide bonds. The van der Waals surface area contributed by atoms with Crippen LogP contribution in [0.15, 0.2) is 30.5 Å². The van der Waals surface area contributed by atoms with Crippen LogP contribution in [0, 0.1) is 11.8 Å². The predicted octanol–water partition coefficient (Wildman–Crippen LogP) is 5.64. The topological polar surface area (TPSA) is 50.2 Å². The number of rotatable bonds is 4. The Labute approximate surface area is 150 Å². The van der Waals surface area contributed by atoms with Crippen molar-refractivity contribution < 1.29 is 23.1 Å². The minimum Gasteiger partial charge on any atom is -0.481 e. The highest BCUT2D eigenvalue weighted by Crippen LogP contribution is 2.42. The van der Waals surface area contributed by atoms with Crippen molar-refractivity contribution in [3.63, 3.8) is 0 Å². The Kier molecular flexibility index (Phi) is 5.21. The maximum absolute atomic E-state index is 12.9. The highest BCUT2D eigenvalue weighted by molar-refractivity contribution is 5.83. The van der Waals surface area contributed by atoms with Crippen molar-refractivity contribution in [2.45, 2.75) is 51.1 Å². The van der Waals surface area contributed by atoms with Crippen LogP contribution in [0.25, 0.3) is 10.9 Å². The van der Waals surface area contributed by atoms with Crippen LogP contribution in [0.2, 0.25) is 0 Å². The largest absolute Gasteiger partial charge is 0.481 e. The molecular weight excluding hydrogens is 343 g/mol. The van der Waals surface area contributed by atoms with E-state index in [1.165, 1.54) is 6.07 Å². The van der Waals surface area contributed by atoms with E-state index in [0.717, 1.165) is 48.8 Å². The van der Waals surface area contributed by atoms with Crippen molar-refractivity contribution in [2.75, 3.05) is 0 Å². The van der Waals surface area contributed by atoms with Gasteiger partial charge in [0.1, 0.15) is 0 Å². The summed E-state index contributed by atoms with van der Waals surface area (Å²) in [7, 11) is 0. The fraction of sp³-hybridized carbons (Fsp3) is 0.500. The Morgan fingerprint density at radius 2 is 1.92 bits per heavy atom. The van der Waals surface area contributed by atoms with Crippen molar-refractivity contribution in [3.05, 3.63) is 41.6 Å². The number of hydrogen-bond donors (Lipinski definition) is 1. The molecule has 1 atom stereocenters. The van der Waals surface area contributed by atoms with Crippen molar-refractivity contribution >= 4 is 16.9 Å². The third-order valence-electron chi connectivity index (χ3n) is 5.64. The van der Waals surface area contributed by atoms with Crippen LogP contribution in [-0.2, 0) is 11.0 Å². The van der Waals surface area contributed by atoms with Crippen LogP contribution in [0.3, 0.4) is 0 Å². The summed E-state index contributed by atoms with van der Waals surface area (Å²) < 4.78 is 38.7. The lowest BCUT2D eigenvalue weighted by molar-refractivity contribution is -0.144. The molecule has 26 heavy (non-hydrogen) atoms. The first kappa shape index (κ1) is 18.7. The summed E-state index contributed by atoms with van der Waals surface area (Å²) in [5.41, 5.74) is 0.688. The van der Waals surface area contributed by atoms with Crippen molar-refractivity contribution in [1.82, 2.24) is 4.98 Å². The molecule has 2 aromatic rings. The van der Waals surface area contributed by atoms with E-state index in [0.29, 0.717) is 11.9 Å². The van der Waals surface area contributed by atoms with Gasteiger partial charge in [0.25, 0.3) is 0 Å². The fourth-order valence-electron chi connectivity index (χ4n) is 4.24. The number of aromatic nitrogens is 1. The fourth-order valence-corrected chi connectivity index (χ4v) is 4.24. The quantitative estimate of drug-likeness (QED) is 0.763. The summed E-state index contributed by atoms with van der Waals surface area (Å²) >= 11 is 0. The van der Waals surface area contributed by atoms with Gasteiger partial charge in [-0.1, -0.05) is 13.0 Å². The molecule has 1 heterocycles. The molecule has 0 aliphatic heterocycles. The third kappa shape index (κ3) is 3.69. The molecule has 1 aliphatic rings. The molecule has 1 saturated carbocycles. The van der Waals surface area contributed by atoms with Crippen LogP contribution in [0.4, 0.5) is 13.2 Å². The monoisotopic (exact) mass is 365 g/mol. The number of pyridine rings is 1. The lowest BCUT2D eigenvalue weighted by Gasteiger charge is -2.32. The lowest BCUT2D eigenvalue weighted by Crippen LogP contribution is -2.26. The van der Waals surface area contributed by atoms with E-state index < -0.39 is 17.7 Å². The molecular formula is C20H22F3NO2. The van der Waals surface area contributed by atoms with Crippen LogP contribution >= 0.6 is 0 Å². The van der Waals surface area contributed by atoms with E-state index in [1.807, 2.05) is 13.0 Å². The number of fused-ring (bicyclic) bond motifs is 1. The Bertz CT molecular complexity index is 795. The highest BCUT2D eigenvalue weighted by atomic mass is 19.4. The molecule has 0 radical (unpaired) electrons. The summed E-state index contributed by atoms with van der Waals surface area (Å²) in [6.45, 7) is 1.90. The molecule has 1 fully saturated rings. The molecule has 1 aliphatic carbocycles. The molecule has 1 aromatic heterocycles. The van der Waals surface area contributed by atoms with Gasteiger partial charge < -0.3 is 5.11 Å². The number of hydrogen-bond acceptors (Lipinski definition) is 2. The minimum absolute atomic E-state index is 0.179. The molecule has 6 heteroatoms. The Hall–Kier alpha value is -2.11. The molecule has 1 N–H and O–H groups in total. The first-order valence-corrected chi connectivity index (χ1v) is 9.00. The Balaban J connectivity index is 1.82. The highest BCUT2D eigenvalue weighted by Gasteiger charge is 2.33. The van der Waals surface area contributed by atoms with E-state index in [2.05, 4.69) is 4.98 Å². The van der Waals surface area contributed by atoms with Crippen molar-refractivity contribution in [1.29, 1.82) is 0 Å². The van der Waals surface area contributed by atoms with E-state index in [1.54, 1.807) is 6.20 Å². The first-order valence-electron chi connectivity index (χ1n) is 9.00. The number of aliphatic carboxylic acids is 1. The van der Waals surface area contributed by atoms with E-state index in [9.17, 15) is 23.1 Å². The number of carboxylic acids is 1. The smallest absolute Gasteiger partial charge is 0.416 e. The molecule has 0 bridgehead atoms. The average molecular weight is 365 g/mol. The van der Waals surface area contributed by atoms with Crippen LogP contribution in [0.5, 0.6) is 0 Å². The Morgan fingerprint density at radius 1 is 1.23 bits per heavy atom. The van der Waals surface area contributed by atoms with Gasteiger partial charge in [-0.25, -0.2) is 0 Å². The predicted molar refractivity (Wildman–Crippen MR) is 92.9 cm³/mol. The second-order valence-electron chi connectivity index (χ2n) is 7.09. The zero-order valence-electron chi connectivity index (χ0n) is 14.6. The van der Waals surface area contributed by atoms with Gasteiger partial charge in [-0.05, 0) is 67.7 Å².